The first-order valence-corrected chi connectivity index (χ1v) is 9.23. The third-order valence-corrected chi connectivity index (χ3v) is 5.08. The van der Waals surface area contributed by atoms with Crippen molar-refractivity contribution in [3.8, 4) is 23.8 Å². The van der Waals surface area contributed by atoms with E-state index in [4.69, 9.17) is 15.9 Å². The lowest BCUT2D eigenvalue weighted by Crippen LogP contribution is -2.42. The average molecular weight is 454 g/mol. The highest BCUT2D eigenvalue weighted by Crippen LogP contribution is 2.39. The zero-order valence-corrected chi connectivity index (χ0v) is 17.2. The van der Waals surface area contributed by atoms with Gasteiger partial charge in [-0.3, -0.25) is 14.5 Å². The molecule has 1 aliphatic heterocycles. The molecule has 0 aromatic heterocycles. The van der Waals surface area contributed by atoms with Crippen LogP contribution in [0.2, 0.25) is 0 Å². The van der Waals surface area contributed by atoms with Crippen molar-refractivity contribution in [2.24, 2.45) is 0 Å². The molecule has 2 rings (SSSR count). The summed E-state index contributed by atoms with van der Waals surface area (Å²) >= 11 is 4.12. The second kappa shape index (κ2) is 8.97. The fourth-order valence-electron chi connectivity index (χ4n) is 2.32. The molecule has 142 valence electrons. The molecule has 1 saturated heterocycles. The molecule has 2 amide bonds. The van der Waals surface area contributed by atoms with Gasteiger partial charge in [0.2, 0.25) is 0 Å². The van der Waals surface area contributed by atoms with E-state index < -0.39 is 23.2 Å². The predicted molar refractivity (Wildman–Crippen MR) is 104 cm³/mol. The van der Waals surface area contributed by atoms with Gasteiger partial charge in [-0.1, -0.05) is 5.92 Å². The maximum absolute atomic E-state index is 12.5. The van der Waals surface area contributed by atoms with Gasteiger partial charge in [-0.25, -0.2) is 4.79 Å². The lowest BCUT2D eigenvalue weighted by Gasteiger charge is -2.18. The molecule has 0 N–H and O–H groups in total. The van der Waals surface area contributed by atoms with Crippen LogP contribution in [0.15, 0.2) is 21.5 Å². The summed E-state index contributed by atoms with van der Waals surface area (Å²) in [6, 6.07) is 2.34. The fraction of sp³-hybridized carbons (Fsp3) is 0.278. The van der Waals surface area contributed by atoms with Crippen molar-refractivity contribution in [2.75, 3.05) is 20.8 Å². The summed E-state index contributed by atoms with van der Waals surface area (Å²) in [6.45, 7) is 1.50. The molecule has 9 heteroatoms. The van der Waals surface area contributed by atoms with Gasteiger partial charge in [-0.05, 0) is 58.4 Å². The molecule has 0 radical (unpaired) electrons. The molecule has 1 fully saturated rings. The van der Waals surface area contributed by atoms with Crippen LogP contribution in [0.4, 0.5) is 4.79 Å². The van der Waals surface area contributed by atoms with Crippen molar-refractivity contribution in [1.82, 2.24) is 4.90 Å². The molecule has 27 heavy (non-hydrogen) atoms. The van der Waals surface area contributed by atoms with E-state index in [1.807, 2.05) is 0 Å². The molecule has 0 unspecified atom stereocenters. The van der Waals surface area contributed by atoms with Gasteiger partial charge in [0.15, 0.2) is 11.5 Å². The second-order valence-corrected chi connectivity index (χ2v) is 7.13. The summed E-state index contributed by atoms with van der Waals surface area (Å²) in [5, 5.41) is -0.538. The average Bonchev–Trinajstić information content (AvgIpc) is 2.92. The Morgan fingerprint density at radius 2 is 2.11 bits per heavy atom. The smallest absolute Gasteiger partial charge is 0.328 e. The number of benzene rings is 1. The lowest BCUT2D eigenvalue weighted by atomic mass is 10.1. The van der Waals surface area contributed by atoms with Crippen molar-refractivity contribution >= 4 is 50.9 Å². The van der Waals surface area contributed by atoms with E-state index in [0.717, 1.165) is 16.7 Å². The maximum atomic E-state index is 12.5. The molecule has 7 nitrogen and oxygen atoms in total. The van der Waals surface area contributed by atoms with E-state index in [1.54, 1.807) is 12.1 Å². The molecule has 1 heterocycles. The largest absolute Gasteiger partial charge is 0.493 e. The SMILES string of the molecule is C#CCOc1c(Br)cc(/C=C2/SC(=O)N([C@@H](C)C(=O)OC)C2=O)cc1OC. The zero-order valence-electron chi connectivity index (χ0n) is 14.8. The standard InChI is InChI=1S/C18H16BrNO6S/c1-5-6-26-15-12(19)7-11(8-13(15)24-3)9-14-16(21)20(18(23)27-14)10(2)17(22)25-4/h1,7-10H,6H2,2-4H3/b14-9+/t10-/m0/s1. The molecule has 0 bridgehead atoms. The number of carbonyl (C=O) groups is 3. The topological polar surface area (TPSA) is 82.1 Å². The van der Waals surface area contributed by atoms with Gasteiger partial charge < -0.3 is 14.2 Å². The van der Waals surface area contributed by atoms with Gasteiger partial charge in [-0.15, -0.1) is 6.42 Å². The molecular formula is C18H16BrNO6S. The van der Waals surface area contributed by atoms with Crippen LogP contribution < -0.4 is 9.47 Å². The Bertz CT molecular complexity index is 860. The monoisotopic (exact) mass is 453 g/mol. The van der Waals surface area contributed by atoms with Gasteiger partial charge >= 0.3 is 5.97 Å². The third kappa shape index (κ3) is 4.46. The number of terminal acetylenes is 1. The van der Waals surface area contributed by atoms with E-state index >= 15 is 0 Å². The summed E-state index contributed by atoms with van der Waals surface area (Å²) in [5.74, 6) is 1.98. The molecule has 0 saturated carbocycles. The minimum absolute atomic E-state index is 0.0681. The van der Waals surface area contributed by atoms with Gasteiger partial charge in [0, 0.05) is 0 Å². The number of imide groups is 1. The number of amides is 2. The van der Waals surface area contributed by atoms with Crippen LogP contribution in [0.3, 0.4) is 0 Å². The first-order valence-electron chi connectivity index (χ1n) is 7.62. The number of nitrogens with zero attached hydrogens (tertiary/aromatic N) is 1. The minimum Gasteiger partial charge on any atom is -0.493 e. The second-order valence-electron chi connectivity index (χ2n) is 5.28. The van der Waals surface area contributed by atoms with Crippen molar-refractivity contribution in [3.05, 3.63) is 27.1 Å². The molecule has 0 spiro atoms. The quantitative estimate of drug-likeness (QED) is 0.371. The van der Waals surface area contributed by atoms with Crippen molar-refractivity contribution in [2.45, 2.75) is 13.0 Å². The Balaban J connectivity index is 2.35. The van der Waals surface area contributed by atoms with Crippen LogP contribution in [0.1, 0.15) is 12.5 Å². The summed E-state index contributed by atoms with van der Waals surface area (Å²) in [6.07, 6.45) is 6.74. The van der Waals surface area contributed by atoms with Gasteiger partial charge in [0.1, 0.15) is 12.6 Å². The number of halogens is 1. The minimum atomic E-state index is -1.01. The number of hydrogen-bond acceptors (Lipinski definition) is 7. The van der Waals surface area contributed by atoms with Crippen LogP contribution in [-0.4, -0.2) is 48.9 Å². The number of ether oxygens (including phenoxy) is 3. The molecule has 0 aliphatic carbocycles. The Morgan fingerprint density at radius 3 is 2.70 bits per heavy atom. The number of thioether (sulfide) groups is 1. The number of hydrogen-bond donors (Lipinski definition) is 0. The number of rotatable bonds is 6. The predicted octanol–water partition coefficient (Wildman–Crippen LogP) is 3.07. The fourth-order valence-corrected chi connectivity index (χ4v) is 3.80. The summed E-state index contributed by atoms with van der Waals surface area (Å²) < 4.78 is 15.9. The molecular weight excluding hydrogens is 438 g/mol. The highest BCUT2D eigenvalue weighted by Gasteiger charge is 2.41. The summed E-state index contributed by atoms with van der Waals surface area (Å²) in [5.41, 5.74) is 0.600. The highest BCUT2D eigenvalue weighted by molar-refractivity contribution is 9.10. The van der Waals surface area contributed by atoms with Crippen LogP contribution in [-0.2, 0) is 14.3 Å². The zero-order chi connectivity index (χ0) is 20.1. The van der Waals surface area contributed by atoms with Crippen LogP contribution >= 0.6 is 27.7 Å². The Morgan fingerprint density at radius 1 is 1.41 bits per heavy atom. The van der Waals surface area contributed by atoms with Crippen LogP contribution in [0, 0.1) is 12.3 Å². The molecule has 1 atom stereocenters. The summed E-state index contributed by atoms with van der Waals surface area (Å²) in [4.78, 5) is 37.4. The third-order valence-electron chi connectivity index (χ3n) is 3.60. The normalized spacial score (nSPS) is 16.3. The van der Waals surface area contributed by atoms with Gasteiger partial charge in [0.05, 0.1) is 23.6 Å². The number of methoxy groups -OCH3 is 2. The van der Waals surface area contributed by atoms with Crippen molar-refractivity contribution in [1.29, 1.82) is 0 Å². The summed E-state index contributed by atoms with van der Waals surface area (Å²) in [7, 11) is 2.67. The van der Waals surface area contributed by atoms with Crippen LogP contribution in [0.5, 0.6) is 11.5 Å². The maximum Gasteiger partial charge on any atom is 0.328 e. The van der Waals surface area contributed by atoms with E-state index in [-0.39, 0.29) is 11.5 Å². The van der Waals surface area contributed by atoms with E-state index in [2.05, 4.69) is 26.6 Å². The number of esters is 1. The molecule has 1 aromatic rings. The number of carbonyl (C=O) groups excluding carboxylic acids is 3. The van der Waals surface area contributed by atoms with E-state index in [1.165, 1.54) is 27.2 Å². The first kappa shape index (κ1) is 20.9. The Labute approximate surface area is 169 Å². The highest BCUT2D eigenvalue weighted by atomic mass is 79.9. The molecule has 1 aliphatic rings. The van der Waals surface area contributed by atoms with E-state index in [9.17, 15) is 14.4 Å². The molecule has 1 aromatic carbocycles. The van der Waals surface area contributed by atoms with Gasteiger partial charge in [-0.2, -0.15) is 0 Å². The van der Waals surface area contributed by atoms with Crippen molar-refractivity contribution in [3.63, 3.8) is 0 Å². The van der Waals surface area contributed by atoms with Crippen LogP contribution in [0.25, 0.3) is 6.08 Å². The Kier molecular flexibility index (Phi) is 6.93. The van der Waals surface area contributed by atoms with Gasteiger partial charge in [0.25, 0.3) is 11.1 Å². The lowest BCUT2D eigenvalue weighted by molar-refractivity contribution is -0.148. The van der Waals surface area contributed by atoms with Crippen molar-refractivity contribution < 1.29 is 28.6 Å². The first-order chi connectivity index (χ1) is 12.8. The Hall–Kier alpha value is -2.44. The van der Waals surface area contributed by atoms with E-state index in [0.29, 0.717) is 21.5 Å².